The zero-order valence-electron chi connectivity index (χ0n) is 12.3. The summed E-state index contributed by atoms with van der Waals surface area (Å²) in [5.74, 6) is -1.01. The van der Waals surface area contributed by atoms with Gasteiger partial charge in [0.05, 0.1) is 0 Å². The van der Waals surface area contributed by atoms with Gasteiger partial charge in [-0.1, -0.05) is 42.6 Å². The molecule has 0 aliphatic carbocycles. The minimum atomic E-state index is -1.01. The number of unbranched alkanes of at least 4 members (excludes halogenated alkanes) is 1. The number of carbonyl (C=O) groups excluding carboxylic acids is 1. The Morgan fingerprint density at radius 2 is 2.05 bits per heavy atom. The smallest absolute Gasteiger partial charge is 0.326 e. The first-order valence-corrected chi connectivity index (χ1v) is 7.86. The molecular formula is C15H21BrN2O3. The van der Waals surface area contributed by atoms with Gasteiger partial charge in [-0.25, -0.2) is 9.59 Å². The van der Waals surface area contributed by atoms with Crippen LogP contribution in [0.15, 0.2) is 22.7 Å². The number of carboxylic acids is 1. The molecule has 0 saturated heterocycles. The van der Waals surface area contributed by atoms with E-state index in [0.29, 0.717) is 12.1 Å². The van der Waals surface area contributed by atoms with E-state index in [1.54, 1.807) is 6.07 Å². The summed E-state index contributed by atoms with van der Waals surface area (Å²) in [7, 11) is 0. The van der Waals surface area contributed by atoms with Crippen molar-refractivity contribution >= 4 is 33.6 Å². The van der Waals surface area contributed by atoms with Gasteiger partial charge in [-0.2, -0.15) is 0 Å². The molecule has 0 bridgehead atoms. The molecule has 2 amide bonds. The highest BCUT2D eigenvalue weighted by molar-refractivity contribution is 9.10. The molecule has 0 heterocycles. The van der Waals surface area contributed by atoms with Crippen LogP contribution in [0.5, 0.6) is 0 Å². The molecular weight excluding hydrogens is 336 g/mol. The van der Waals surface area contributed by atoms with Crippen LogP contribution < -0.4 is 10.6 Å². The van der Waals surface area contributed by atoms with Crippen LogP contribution in [0.2, 0.25) is 0 Å². The van der Waals surface area contributed by atoms with Crippen molar-refractivity contribution in [2.75, 3.05) is 5.32 Å². The maximum atomic E-state index is 11.9. The molecule has 0 aromatic heterocycles. The number of carbonyl (C=O) groups is 2. The van der Waals surface area contributed by atoms with E-state index in [1.807, 2.05) is 26.0 Å². The van der Waals surface area contributed by atoms with E-state index in [4.69, 9.17) is 5.11 Å². The van der Waals surface area contributed by atoms with Crippen molar-refractivity contribution in [2.24, 2.45) is 0 Å². The van der Waals surface area contributed by atoms with Gasteiger partial charge < -0.3 is 15.7 Å². The average molecular weight is 357 g/mol. The second-order valence-corrected chi connectivity index (χ2v) is 5.70. The number of aliphatic carboxylic acids is 1. The molecule has 0 saturated carbocycles. The molecule has 0 spiro atoms. The second-order valence-electron chi connectivity index (χ2n) is 4.79. The van der Waals surface area contributed by atoms with Gasteiger partial charge in [-0.15, -0.1) is 0 Å². The van der Waals surface area contributed by atoms with E-state index in [9.17, 15) is 9.59 Å². The summed E-state index contributed by atoms with van der Waals surface area (Å²) >= 11 is 3.39. The van der Waals surface area contributed by atoms with Gasteiger partial charge in [0, 0.05) is 10.2 Å². The van der Waals surface area contributed by atoms with Gasteiger partial charge in [0.2, 0.25) is 0 Å². The Morgan fingerprint density at radius 3 is 2.62 bits per heavy atom. The third-order valence-electron chi connectivity index (χ3n) is 3.15. The topological polar surface area (TPSA) is 78.4 Å². The molecule has 116 valence electrons. The number of aryl methyl sites for hydroxylation is 1. The first-order chi connectivity index (χ1) is 9.97. The van der Waals surface area contributed by atoms with E-state index in [2.05, 4.69) is 26.6 Å². The summed E-state index contributed by atoms with van der Waals surface area (Å²) in [6, 6.07) is 4.22. The van der Waals surface area contributed by atoms with E-state index in [-0.39, 0.29) is 0 Å². The van der Waals surface area contributed by atoms with E-state index in [0.717, 1.165) is 29.3 Å². The quantitative estimate of drug-likeness (QED) is 0.695. The third-order valence-corrected chi connectivity index (χ3v) is 3.64. The van der Waals surface area contributed by atoms with Crippen LogP contribution in [0.4, 0.5) is 10.5 Å². The Hall–Kier alpha value is -1.56. The van der Waals surface area contributed by atoms with Crippen molar-refractivity contribution in [3.8, 4) is 0 Å². The number of nitrogens with one attached hydrogen (secondary N) is 2. The number of halogens is 1. The van der Waals surface area contributed by atoms with Crippen LogP contribution in [-0.4, -0.2) is 23.1 Å². The van der Waals surface area contributed by atoms with Crippen LogP contribution in [0, 0.1) is 0 Å². The standard InChI is InChI=1S/C15H21BrN2O3/c1-3-5-6-13(14(19)20)18-15(21)17-12-8-7-11(16)9-10(12)4-2/h7-9,13H,3-6H2,1-2H3,(H,19,20)(H2,17,18,21). The summed E-state index contributed by atoms with van der Waals surface area (Å²) in [4.78, 5) is 23.1. The lowest BCUT2D eigenvalue weighted by molar-refractivity contribution is -0.139. The van der Waals surface area contributed by atoms with Gasteiger partial charge in [-0.3, -0.25) is 0 Å². The first-order valence-electron chi connectivity index (χ1n) is 7.06. The minimum absolute atomic E-state index is 0.431. The molecule has 21 heavy (non-hydrogen) atoms. The van der Waals surface area contributed by atoms with Gasteiger partial charge >= 0.3 is 12.0 Å². The lowest BCUT2D eigenvalue weighted by Gasteiger charge is -2.16. The molecule has 0 radical (unpaired) electrons. The van der Waals surface area contributed by atoms with Crippen molar-refractivity contribution in [2.45, 2.75) is 45.6 Å². The Kier molecular flexibility index (Phi) is 7.22. The van der Waals surface area contributed by atoms with E-state index in [1.165, 1.54) is 0 Å². The summed E-state index contributed by atoms with van der Waals surface area (Å²) in [6.45, 7) is 3.97. The van der Waals surface area contributed by atoms with Crippen molar-refractivity contribution < 1.29 is 14.7 Å². The Morgan fingerprint density at radius 1 is 1.33 bits per heavy atom. The van der Waals surface area contributed by atoms with Gasteiger partial charge in [0.25, 0.3) is 0 Å². The Bertz CT molecular complexity index is 506. The van der Waals surface area contributed by atoms with Crippen molar-refractivity contribution in [3.05, 3.63) is 28.2 Å². The van der Waals surface area contributed by atoms with Crippen LogP contribution >= 0.6 is 15.9 Å². The fraction of sp³-hybridized carbons (Fsp3) is 0.467. The van der Waals surface area contributed by atoms with Crippen LogP contribution in [0.3, 0.4) is 0 Å². The van der Waals surface area contributed by atoms with E-state index >= 15 is 0 Å². The monoisotopic (exact) mass is 356 g/mol. The lowest BCUT2D eigenvalue weighted by atomic mass is 10.1. The highest BCUT2D eigenvalue weighted by atomic mass is 79.9. The fourth-order valence-electron chi connectivity index (χ4n) is 1.96. The highest BCUT2D eigenvalue weighted by Gasteiger charge is 2.19. The third kappa shape index (κ3) is 5.75. The summed E-state index contributed by atoms with van der Waals surface area (Å²) < 4.78 is 0.941. The molecule has 0 aliphatic rings. The molecule has 6 heteroatoms. The molecule has 1 rings (SSSR count). The molecule has 1 aromatic rings. The van der Waals surface area contributed by atoms with Gasteiger partial charge in [-0.05, 0) is 36.6 Å². The van der Waals surface area contributed by atoms with Gasteiger partial charge in [0.15, 0.2) is 0 Å². The molecule has 0 aliphatic heterocycles. The predicted octanol–water partition coefficient (Wildman–Crippen LogP) is 3.78. The number of anilines is 1. The Labute approximate surface area is 133 Å². The molecule has 3 N–H and O–H groups in total. The summed E-state index contributed by atoms with van der Waals surface area (Å²) in [5, 5.41) is 14.3. The zero-order valence-corrected chi connectivity index (χ0v) is 13.9. The predicted molar refractivity (Wildman–Crippen MR) is 86.6 cm³/mol. The molecule has 0 fully saturated rings. The number of benzene rings is 1. The zero-order chi connectivity index (χ0) is 15.8. The number of hydrogen-bond donors (Lipinski definition) is 3. The number of rotatable bonds is 7. The van der Waals surface area contributed by atoms with Crippen LogP contribution in [-0.2, 0) is 11.2 Å². The van der Waals surface area contributed by atoms with Crippen molar-refractivity contribution in [1.82, 2.24) is 5.32 Å². The minimum Gasteiger partial charge on any atom is -0.480 e. The molecule has 5 nitrogen and oxygen atoms in total. The lowest BCUT2D eigenvalue weighted by Crippen LogP contribution is -2.43. The van der Waals surface area contributed by atoms with Crippen molar-refractivity contribution in [3.63, 3.8) is 0 Å². The van der Waals surface area contributed by atoms with E-state index < -0.39 is 18.0 Å². The molecule has 1 atom stereocenters. The van der Waals surface area contributed by atoms with Crippen LogP contribution in [0.1, 0.15) is 38.7 Å². The average Bonchev–Trinajstić information content (AvgIpc) is 2.44. The maximum absolute atomic E-state index is 11.9. The van der Waals surface area contributed by atoms with Crippen molar-refractivity contribution in [1.29, 1.82) is 0 Å². The largest absolute Gasteiger partial charge is 0.480 e. The summed E-state index contributed by atoms with van der Waals surface area (Å²) in [5.41, 5.74) is 1.68. The first kappa shape index (κ1) is 17.5. The number of amides is 2. The maximum Gasteiger partial charge on any atom is 0.326 e. The second kappa shape index (κ2) is 8.67. The SMILES string of the molecule is CCCCC(NC(=O)Nc1ccc(Br)cc1CC)C(=O)O. The number of hydrogen-bond acceptors (Lipinski definition) is 2. The molecule has 1 unspecified atom stereocenters. The number of urea groups is 1. The molecule has 1 aromatic carbocycles. The fourth-order valence-corrected chi connectivity index (χ4v) is 2.37. The normalized spacial score (nSPS) is 11.8. The van der Waals surface area contributed by atoms with Gasteiger partial charge in [0.1, 0.15) is 6.04 Å². The highest BCUT2D eigenvalue weighted by Crippen LogP contribution is 2.21. The Balaban J connectivity index is 2.69. The number of carboxylic acid groups (broad SMARTS) is 1. The van der Waals surface area contributed by atoms with Crippen LogP contribution in [0.25, 0.3) is 0 Å². The summed E-state index contributed by atoms with van der Waals surface area (Å²) in [6.07, 6.45) is 2.85.